The molecule has 2 bridgehead atoms. The number of carbonyl (C=O) groups excluding carboxylic acids is 3. The van der Waals surface area contributed by atoms with Crippen molar-refractivity contribution in [2.45, 2.75) is 43.7 Å². The van der Waals surface area contributed by atoms with E-state index < -0.39 is 11.5 Å². The van der Waals surface area contributed by atoms with E-state index in [1.165, 1.54) is 6.20 Å². The number of rotatable bonds is 1. The molecule has 1 spiro atoms. The lowest BCUT2D eigenvalue weighted by Crippen LogP contribution is -2.56. The summed E-state index contributed by atoms with van der Waals surface area (Å²) in [6, 6.07) is 9.76. The molecule has 5 heterocycles. The van der Waals surface area contributed by atoms with Crippen LogP contribution >= 0.6 is 0 Å². The van der Waals surface area contributed by atoms with Gasteiger partial charge in [0.2, 0.25) is 11.7 Å². The molecule has 9 nitrogen and oxygen atoms in total. The van der Waals surface area contributed by atoms with Crippen molar-refractivity contribution in [3.8, 4) is 0 Å². The van der Waals surface area contributed by atoms with Gasteiger partial charge in [-0.25, -0.2) is 0 Å². The topological polar surface area (TPSA) is 99.0 Å². The quantitative estimate of drug-likeness (QED) is 0.692. The summed E-state index contributed by atoms with van der Waals surface area (Å²) in [7, 11) is 0. The zero-order valence-corrected chi connectivity index (χ0v) is 19.1. The third-order valence-corrected chi connectivity index (χ3v) is 7.99. The molecule has 178 valence electrons. The van der Waals surface area contributed by atoms with Crippen LogP contribution in [0.2, 0.25) is 0 Å². The number of benzene rings is 1. The Bertz CT molecular complexity index is 1120. The summed E-state index contributed by atoms with van der Waals surface area (Å²) < 4.78 is 5.08. The molecule has 6 rings (SSSR count). The molecule has 3 atom stereocenters. The minimum atomic E-state index is -0.925. The van der Waals surface area contributed by atoms with E-state index in [-0.39, 0.29) is 29.5 Å². The average Bonchev–Trinajstić information content (AvgIpc) is 3.62. The number of hydrogen-bond acceptors (Lipinski definition) is 6. The SMILES string of the molecule is O=C1NCCCN(C(=O)c2ccno2)CCCN2C(=O)[C@@]3(c4ccccc42)[C@H]1C[C@@H]1CCCN13. The highest BCUT2D eigenvalue weighted by Crippen LogP contribution is 2.57. The van der Waals surface area contributed by atoms with Gasteiger partial charge in [-0.3, -0.25) is 19.3 Å². The standard InChI is InChI=1S/C25H29N5O4/c31-22-19-16-17-6-3-15-30(17)25(19)18-7-1-2-8-20(18)29(24(25)33)14-5-13-28(12-4-10-26-22)23(32)21-9-11-27-34-21/h1-2,7-9,11,17,19H,3-6,10,12-16H2,(H,26,31)/t17-,19-,25+/m0/s1. The molecule has 1 aromatic heterocycles. The van der Waals surface area contributed by atoms with Gasteiger partial charge in [0.15, 0.2) is 0 Å². The van der Waals surface area contributed by atoms with Crippen LogP contribution in [0.15, 0.2) is 41.1 Å². The van der Waals surface area contributed by atoms with Crippen LogP contribution in [-0.2, 0) is 15.1 Å². The molecule has 2 aromatic rings. The van der Waals surface area contributed by atoms with Crippen LogP contribution in [0.5, 0.6) is 0 Å². The summed E-state index contributed by atoms with van der Waals surface area (Å²) in [5.74, 6) is -0.494. The summed E-state index contributed by atoms with van der Waals surface area (Å²) in [5.41, 5.74) is 0.921. The van der Waals surface area contributed by atoms with Crippen LogP contribution in [0.1, 0.15) is 48.2 Å². The number of carbonyl (C=O) groups is 3. The molecule has 1 aromatic carbocycles. The van der Waals surface area contributed by atoms with Crippen molar-refractivity contribution in [1.29, 1.82) is 0 Å². The summed E-state index contributed by atoms with van der Waals surface area (Å²) in [4.78, 5) is 46.6. The van der Waals surface area contributed by atoms with Crippen LogP contribution in [0.25, 0.3) is 0 Å². The zero-order chi connectivity index (χ0) is 23.3. The Morgan fingerprint density at radius 1 is 1.06 bits per heavy atom. The Balaban J connectivity index is 1.37. The monoisotopic (exact) mass is 463 g/mol. The molecule has 9 heteroatoms. The lowest BCUT2D eigenvalue weighted by Gasteiger charge is -2.37. The van der Waals surface area contributed by atoms with E-state index in [0.29, 0.717) is 45.4 Å². The van der Waals surface area contributed by atoms with Crippen molar-refractivity contribution in [1.82, 2.24) is 20.3 Å². The highest BCUT2D eigenvalue weighted by atomic mass is 16.5. The first-order chi connectivity index (χ1) is 16.6. The predicted molar refractivity (Wildman–Crippen MR) is 123 cm³/mol. The zero-order valence-electron chi connectivity index (χ0n) is 19.1. The molecule has 34 heavy (non-hydrogen) atoms. The molecule has 4 aliphatic rings. The van der Waals surface area contributed by atoms with Gasteiger partial charge in [0.1, 0.15) is 5.54 Å². The van der Waals surface area contributed by atoms with Gasteiger partial charge in [-0.15, -0.1) is 0 Å². The molecule has 3 fully saturated rings. The number of aromatic nitrogens is 1. The minimum absolute atomic E-state index is 0.00519. The summed E-state index contributed by atoms with van der Waals surface area (Å²) in [6.45, 7) is 2.76. The fraction of sp³-hybridized carbons (Fsp3) is 0.520. The van der Waals surface area contributed by atoms with E-state index >= 15 is 0 Å². The molecular formula is C25H29N5O4. The van der Waals surface area contributed by atoms with Gasteiger partial charge in [-0.1, -0.05) is 23.4 Å². The average molecular weight is 464 g/mol. The van der Waals surface area contributed by atoms with Crippen LogP contribution in [0.3, 0.4) is 0 Å². The Morgan fingerprint density at radius 3 is 2.76 bits per heavy atom. The number of para-hydroxylation sites is 1. The third-order valence-electron chi connectivity index (χ3n) is 7.99. The van der Waals surface area contributed by atoms with E-state index in [9.17, 15) is 14.4 Å². The Kier molecular flexibility index (Phi) is 5.17. The van der Waals surface area contributed by atoms with E-state index in [0.717, 1.165) is 30.6 Å². The van der Waals surface area contributed by atoms with Crippen LogP contribution in [0, 0.1) is 5.92 Å². The van der Waals surface area contributed by atoms with Crippen molar-refractivity contribution in [3.05, 3.63) is 47.9 Å². The highest BCUT2D eigenvalue weighted by Gasteiger charge is 2.66. The van der Waals surface area contributed by atoms with Gasteiger partial charge < -0.3 is 19.6 Å². The molecular weight excluding hydrogens is 434 g/mol. The first-order valence-corrected chi connectivity index (χ1v) is 12.3. The summed E-state index contributed by atoms with van der Waals surface area (Å²) >= 11 is 0. The highest BCUT2D eigenvalue weighted by molar-refractivity contribution is 6.11. The predicted octanol–water partition coefficient (Wildman–Crippen LogP) is 1.75. The maximum atomic E-state index is 14.3. The van der Waals surface area contributed by atoms with Crippen molar-refractivity contribution in [3.63, 3.8) is 0 Å². The maximum absolute atomic E-state index is 14.3. The van der Waals surface area contributed by atoms with Crippen molar-refractivity contribution in [2.24, 2.45) is 5.92 Å². The molecule has 0 radical (unpaired) electrons. The van der Waals surface area contributed by atoms with Gasteiger partial charge in [0.05, 0.1) is 12.1 Å². The second-order valence-corrected chi connectivity index (χ2v) is 9.69. The number of nitrogens with one attached hydrogen (secondary N) is 1. The van der Waals surface area contributed by atoms with Crippen LogP contribution < -0.4 is 10.2 Å². The van der Waals surface area contributed by atoms with Gasteiger partial charge in [0, 0.05) is 49.5 Å². The summed E-state index contributed by atoms with van der Waals surface area (Å²) in [6.07, 6.45) is 5.50. The fourth-order valence-electron chi connectivity index (χ4n) is 6.60. The Hall–Kier alpha value is -3.20. The van der Waals surface area contributed by atoms with E-state index in [2.05, 4.69) is 15.4 Å². The molecule has 0 aliphatic carbocycles. The molecule has 1 N–H and O–H groups in total. The first-order valence-electron chi connectivity index (χ1n) is 12.3. The molecule has 3 saturated heterocycles. The fourth-order valence-corrected chi connectivity index (χ4v) is 6.60. The van der Waals surface area contributed by atoms with Crippen LogP contribution in [-0.4, -0.2) is 71.4 Å². The normalized spacial score (nSPS) is 29.5. The second-order valence-electron chi connectivity index (χ2n) is 9.69. The van der Waals surface area contributed by atoms with E-state index in [1.807, 2.05) is 29.2 Å². The first kappa shape index (κ1) is 21.3. The number of hydrogen-bond donors (Lipinski definition) is 1. The maximum Gasteiger partial charge on any atom is 0.292 e. The number of amides is 3. The van der Waals surface area contributed by atoms with Crippen molar-refractivity contribution in [2.75, 3.05) is 37.6 Å². The third kappa shape index (κ3) is 3.02. The van der Waals surface area contributed by atoms with Gasteiger partial charge in [0.25, 0.3) is 11.8 Å². The van der Waals surface area contributed by atoms with E-state index in [4.69, 9.17) is 4.52 Å². The van der Waals surface area contributed by atoms with Crippen molar-refractivity contribution >= 4 is 23.4 Å². The molecule has 3 amide bonds. The van der Waals surface area contributed by atoms with Gasteiger partial charge >= 0.3 is 0 Å². The molecule has 0 saturated carbocycles. The lowest BCUT2D eigenvalue weighted by molar-refractivity contribution is -0.138. The van der Waals surface area contributed by atoms with Gasteiger partial charge in [-0.05, 0) is 44.7 Å². The van der Waals surface area contributed by atoms with Crippen LogP contribution in [0.4, 0.5) is 5.69 Å². The van der Waals surface area contributed by atoms with E-state index in [1.54, 1.807) is 11.0 Å². The number of fused-ring (bicyclic) bond motifs is 4. The number of anilines is 1. The largest absolute Gasteiger partial charge is 0.356 e. The smallest absolute Gasteiger partial charge is 0.292 e. The molecule has 4 aliphatic heterocycles. The second kappa shape index (κ2) is 8.23. The Morgan fingerprint density at radius 2 is 1.91 bits per heavy atom. The lowest BCUT2D eigenvalue weighted by atomic mass is 9.78. The van der Waals surface area contributed by atoms with Gasteiger partial charge in [-0.2, -0.15) is 0 Å². The Labute approximate surface area is 198 Å². The number of nitrogens with zero attached hydrogens (tertiary/aromatic N) is 4. The van der Waals surface area contributed by atoms with Crippen molar-refractivity contribution < 1.29 is 18.9 Å². The molecule has 0 unspecified atom stereocenters. The summed E-state index contributed by atoms with van der Waals surface area (Å²) in [5, 5.41) is 6.74. The minimum Gasteiger partial charge on any atom is -0.356 e.